The molecule has 1 atom stereocenters. The summed E-state index contributed by atoms with van der Waals surface area (Å²) in [5.74, 6) is 1.52. The van der Waals surface area contributed by atoms with Crippen molar-refractivity contribution >= 4 is 29.9 Å². The van der Waals surface area contributed by atoms with E-state index in [1.807, 2.05) is 0 Å². The quantitative estimate of drug-likeness (QED) is 0.293. The van der Waals surface area contributed by atoms with Gasteiger partial charge in [0.15, 0.2) is 5.96 Å². The Morgan fingerprint density at radius 1 is 1.38 bits per heavy atom. The van der Waals surface area contributed by atoms with Gasteiger partial charge in [-0.25, -0.2) is 0 Å². The first-order valence-corrected chi connectivity index (χ1v) is 9.04. The van der Waals surface area contributed by atoms with Crippen LogP contribution in [0.2, 0.25) is 0 Å². The van der Waals surface area contributed by atoms with Crippen molar-refractivity contribution in [2.75, 3.05) is 52.5 Å². The molecule has 0 radical (unpaired) electrons. The van der Waals surface area contributed by atoms with Gasteiger partial charge in [0.25, 0.3) is 0 Å². The molecule has 142 valence electrons. The molecule has 1 saturated heterocycles. The summed E-state index contributed by atoms with van der Waals surface area (Å²) >= 11 is 0. The van der Waals surface area contributed by atoms with Crippen LogP contribution in [0.5, 0.6) is 0 Å². The molecule has 1 aliphatic carbocycles. The highest BCUT2D eigenvalue weighted by atomic mass is 127. The van der Waals surface area contributed by atoms with E-state index in [1.54, 1.807) is 0 Å². The Bertz CT molecular complexity index is 389. The van der Waals surface area contributed by atoms with Gasteiger partial charge in [0.2, 0.25) is 0 Å². The monoisotopic (exact) mass is 454 g/mol. The van der Waals surface area contributed by atoms with Gasteiger partial charge in [0, 0.05) is 38.1 Å². The predicted molar refractivity (Wildman–Crippen MR) is 109 cm³/mol. The lowest BCUT2D eigenvalue weighted by atomic mass is 10.1. The van der Waals surface area contributed by atoms with Crippen LogP contribution in [0.4, 0.5) is 0 Å². The molecule has 1 saturated carbocycles. The molecule has 0 spiro atoms. The smallest absolute Gasteiger partial charge is 0.191 e. The third-order valence-electron chi connectivity index (χ3n) is 4.55. The SMILES string of the molecule is CCNC(=NCC1(CO)CC1)NCC1CN(CC(C)C)CCO1.I. The van der Waals surface area contributed by atoms with E-state index in [4.69, 9.17) is 4.74 Å². The Kier molecular flexibility index (Phi) is 9.84. The number of aliphatic hydroxyl groups is 1. The number of guanidine groups is 1. The van der Waals surface area contributed by atoms with Crippen LogP contribution >= 0.6 is 24.0 Å². The minimum atomic E-state index is 0. The minimum Gasteiger partial charge on any atom is -0.396 e. The van der Waals surface area contributed by atoms with E-state index < -0.39 is 0 Å². The van der Waals surface area contributed by atoms with Crippen molar-refractivity contribution in [1.82, 2.24) is 15.5 Å². The maximum Gasteiger partial charge on any atom is 0.191 e. The zero-order valence-corrected chi connectivity index (χ0v) is 17.7. The predicted octanol–water partition coefficient (Wildman–Crippen LogP) is 1.29. The van der Waals surface area contributed by atoms with Crippen molar-refractivity contribution in [2.45, 2.75) is 39.7 Å². The molecule has 0 aromatic rings. The molecule has 24 heavy (non-hydrogen) atoms. The normalized spacial score (nSPS) is 23.7. The van der Waals surface area contributed by atoms with E-state index in [0.717, 1.165) is 58.1 Å². The molecule has 7 heteroatoms. The van der Waals surface area contributed by atoms with E-state index >= 15 is 0 Å². The molecule has 2 fully saturated rings. The number of halogens is 1. The number of morpholine rings is 1. The summed E-state index contributed by atoms with van der Waals surface area (Å²) in [4.78, 5) is 7.12. The van der Waals surface area contributed by atoms with Crippen LogP contribution in [0.25, 0.3) is 0 Å². The molecule has 1 aliphatic heterocycles. The number of ether oxygens (including phenoxy) is 1. The minimum absolute atomic E-state index is 0. The Labute approximate surface area is 163 Å². The summed E-state index contributed by atoms with van der Waals surface area (Å²) in [7, 11) is 0. The zero-order chi connectivity index (χ0) is 16.7. The van der Waals surface area contributed by atoms with E-state index in [0.29, 0.717) is 12.5 Å². The molecule has 6 nitrogen and oxygen atoms in total. The highest BCUT2D eigenvalue weighted by Crippen LogP contribution is 2.45. The van der Waals surface area contributed by atoms with Crippen molar-refractivity contribution in [3.8, 4) is 0 Å². The number of aliphatic hydroxyl groups excluding tert-OH is 1. The molecular formula is C17H35IN4O2. The highest BCUT2D eigenvalue weighted by Gasteiger charge is 2.41. The lowest BCUT2D eigenvalue weighted by Crippen LogP contribution is -2.50. The highest BCUT2D eigenvalue weighted by molar-refractivity contribution is 14.0. The first-order valence-electron chi connectivity index (χ1n) is 9.04. The van der Waals surface area contributed by atoms with Gasteiger partial charge in [-0.15, -0.1) is 24.0 Å². The van der Waals surface area contributed by atoms with Crippen LogP contribution in [0.15, 0.2) is 4.99 Å². The fourth-order valence-corrected chi connectivity index (χ4v) is 2.93. The molecule has 1 unspecified atom stereocenters. The molecule has 0 aromatic carbocycles. The number of nitrogens with one attached hydrogen (secondary N) is 2. The largest absolute Gasteiger partial charge is 0.396 e. The summed E-state index contributed by atoms with van der Waals surface area (Å²) in [6, 6.07) is 0. The molecular weight excluding hydrogens is 419 g/mol. The second-order valence-electron chi connectivity index (χ2n) is 7.38. The molecule has 0 amide bonds. The summed E-state index contributed by atoms with van der Waals surface area (Å²) in [5, 5.41) is 16.1. The third-order valence-corrected chi connectivity index (χ3v) is 4.55. The van der Waals surface area contributed by atoms with Crippen LogP contribution in [-0.2, 0) is 4.74 Å². The standard InChI is InChI=1S/C17H34N4O2.HI/c1-4-18-16(20-12-17(13-22)5-6-17)19-9-15-11-21(7-8-23-15)10-14(2)3;/h14-15,22H,4-13H2,1-3H3,(H2,18,19,20);1H. The molecule has 0 aromatic heterocycles. The zero-order valence-electron chi connectivity index (χ0n) is 15.4. The fourth-order valence-electron chi connectivity index (χ4n) is 2.93. The lowest BCUT2D eigenvalue weighted by Gasteiger charge is -2.34. The van der Waals surface area contributed by atoms with Gasteiger partial charge in [0.1, 0.15) is 0 Å². The Balaban J connectivity index is 0.00000288. The van der Waals surface area contributed by atoms with Crippen molar-refractivity contribution in [2.24, 2.45) is 16.3 Å². The molecule has 1 heterocycles. The second-order valence-corrected chi connectivity index (χ2v) is 7.38. The fraction of sp³-hybridized carbons (Fsp3) is 0.941. The van der Waals surface area contributed by atoms with Crippen LogP contribution in [0.3, 0.4) is 0 Å². The average Bonchev–Trinajstić information content (AvgIpc) is 3.30. The topological polar surface area (TPSA) is 69.1 Å². The van der Waals surface area contributed by atoms with E-state index in [1.165, 1.54) is 0 Å². The van der Waals surface area contributed by atoms with E-state index in [-0.39, 0.29) is 42.1 Å². The Morgan fingerprint density at radius 2 is 2.12 bits per heavy atom. The van der Waals surface area contributed by atoms with Crippen LogP contribution in [0, 0.1) is 11.3 Å². The van der Waals surface area contributed by atoms with E-state index in [2.05, 4.69) is 41.3 Å². The molecule has 3 N–H and O–H groups in total. The van der Waals surface area contributed by atoms with Crippen LogP contribution < -0.4 is 10.6 Å². The summed E-state index contributed by atoms with van der Waals surface area (Å²) < 4.78 is 5.87. The van der Waals surface area contributed by atoms with Gasteiger partial charge < -0.3 is 20.5 Å². The molecule has 0 bridgehead atoms. The number of aliphatic imine (C=N–C) groups is 1. The third kappa shape index (κ3) is 7.41. The first kappa shape index (κ1) is 21.9. The van der Waals surface area contributed by atoms with E-state index in [9.17, 15) is 5.11 Å². The Morgan fingerprint density at radius 3 is 2.71 bits per heavy atom. The maximum atomic E-state index is 9.40. The molecule has 2 rings (SSSR count). The summed E-state index contributed by atoms with van der Waals surface area (Å²) in [6.07, 6.45) is 2.38. The Hall–Kier alpha value is -0.120. The number of hydrogen-bond donors (Lipinski definition) is 3. The van der Waals surface area contributed by atoms with Gasteiger partial charge >= 0.3 is 0 Å². The van der Waals surface area contributed by atoms with Gasteiger partial charge in [-0.1, -0.05) is 13.8 Å². The van der Waals surface area contributed by atoms with Crippen LogP contribution in [-0.4, -0.2) is 74.6 Å². The van der Waals surface area contributed by atoms with Gasteiger partial charge in [-0.2, -0.15) is 0 Å². The van der Waals surface area contributed by atoms with Crippen molar-refractivity contribution in [1.29, 1.82) is 0 Å². The number of rotatable bonds is 8. The lowest BCUT2D eigenvalue weighted by molar-refractivity contribution is -0.0284. The number of hydrogen-bond acceptors (Lipinski definition) is 4. The van der Waals surface area contributed by atoms with Crippen molar-refractivity contribution < 1.29 is 9.84 Å². The second kappa shape index (κ2) is 10.8. The van der Waals surface area contributed by atoms with Gasteiger partial charge in [-0.05, 0) is 25.7 Å². The average molecular weight is 454 g/mol. The van der Waals surface area contributed by atoms with Crippen molar-refractivity contribution in [3.05, 3.63) is 0 Å². The molecule has 2 aliphatic rings. The van der Waals surface area contributed by atoms with Gasteiger partial charge in [-0.3, -0.25) is 9.89 Å². The first-order chi connectivity index (χ1) is 11.1. The van der Waals surface area contributed by atoms with Crippen molar-refractivity contribution in [3.63, 3.8) is 0 Å². The van der Waals surface area contributed by atoms with Crippen LogP contribution in [0.1, 0.15) is 33.6 Å². The van der Waals surface area contributed by atoms with Gasteiger partial charge in [0.05, 0.1) is 25.9 Å². The maximum absolute atomic E-state index is 9.40. The number of nitrogens with zero attached hydrogens (tertiary/aromatic N) is 2. The summed E-state index contributed by atoms with van der Waals surface area (Å²) in [6.45, 7) is 13.1. The summed E-state index contributed by atoms with van der Waals surface area (Å²) in [5.41, 5.74) is 0.0533.